The van der Waals surface area contributed by atoms with Gasteiger partial charge < -0.3 is 10.6 Å². The van der Waals surface area contributed by atoms with Gasteiger partial charge in [0.25, 0.3) is 0 Å². The summed E-state index contributed by atoms with van der Waals surface area (Å²) in [7, 11) is 0. The van der Waals surface area contributed by atoms with Crippen LogP contribution in [0.2, 0.25) is 0 Å². The van der Waals surface area contributed by atoms with E-state index in [1.54, 1.807) is 6.20 Å². The van der Waals surface area contributed by atoms with E-state index < -0.39 is 0 Å². The number of fused-ring (bicyclic) bond motifs is 1. The predicted octanol–water partition coefficient (Wildman–Crippen LogP) is 5.56. The second-order valence-electron chi connectivity index (χ2n) is 9.19. The van der Waals surface area contributed by atoms with Crippen molar-refractivity contribution in [2.75, 3.05) is 10.6 Å². The second-order valence-corrected chi connectivity index (χ2v) is 9.19. The maximum atomic E-state index is 5.07. The summed E-state index contributed by atoms with van der Waals surface area (Å²) < 4.78 is 2.03. The van der Waals surface area contributed by atoms with E-state index in [2.05, 4.69) is 44.9 Å². The lowest BCUT2D eigenvalue weighted by molar-refractivity contribution is 0.742. The first kappa shape index (κ1) is 20.1. The molecule has 2 aliphatic rings. The average molecular weight is 440 g/mol. The van der Waals surface area contributed by atoms with E-state index in [0.29, 0.717) is 18.0 Å². The van der Waals surface area contributed by atoms with Gasteiger partial charge in [-0.15, -0.1) is 0 Å². The van der Waals surface area contributed by atoms with E-state index in [1.165, 1.54) is 51.4 Å². The van der Waals surface area contributed by atoms with Gasteiger partial charge in [0.2, 0.25) is 5.95 Å². The SMILES string of the molecule is c1cncc(-c2nn3c(NC4CCCC4)cccc3c2-c2ccnc(NC3CCCC3)n2)c1. The smallest absolute Gasteiger partial charge is 0.223 e. The molecule has 7 heteroatoms. The Labute approximate surface area is 193 Å². The number of nitrogens with one attached hydrogen (secondary N) is 2. The molecule has 2 saturated carbocycles. The number of pyridine rings is 2. The Morgan fingerprint density at radius 2 is 1.61 bits per heavy atom. The molecule has 4 aromatic heterocycles. The Hall–Kier alpha value is -3.48. The summed E-state index contributed by atoms with van der Waals surface area (Å²) in [4.78, 5) is 13.8. The molecule has 0 radical (unpaired) electrons. The molecule has 0 atom stereocenters. The van der Waals surface area contributed by atoms with E-state index in [1.807, 2.05) is 29.0 Å². The minimum atomic E-state index is 0.462. The predicted molar refractivity (Wildman–Crippen MR) is 131 cm³/mol. The molecule has 0 unspecified atom stereocenters. The van der Waals surface area contributed by atoms with Crippen molar-refractivity contribution in [3.63, 3.8) is 0 Å². The summed E-state index contributed by atoms with van der Waals surface area (Å²) in [6.45, 7) is 0. The van der Waals surface area contributed by atoms with Crippen LogP contribution in [0.3, 0.4) is 0 Å². The van der Waals surface area contributed by atoms with Crippen LogP contribution in [0.15, 0.2) is 55.0 Å². The molecule has 2 aliphatic carbocycles. The third-order valence-electron chi connectivity index (χ3n) is 6.90. The molecule has 2 fully saturated rings. The topological polar surface area (TPSA) is 80.0 Å². The Bertz CT molecular complexity index is 1240. The summed E-state index contributed by atoms with van der Waals surface area (Å²) in [6, 6.07) is 13.3. The first-order chi connectivity index (χ1) is 16.3. The van der Waals surface area contributed by atoms with Gasteiger partial charge in [-0.3, -0.25) is 4.98 Å². The third-order valence-corrected chi connectivity index (χ3v) is 6.90. The highest BCUT2D eigenvalue weighted by Gasteiger charge is 2.22. The molecular formula is C26H29N7. The number of rotatable bonds is 6. The molecule has 0 amide bonds. The fourth-order valence-electron chi connectivity index (χ4n) is 5.24. The van der Waals surface area contributed by atoms with Gasteiger partial charge in [0.05, 0.1) is 16.8 Å². The van der Waals surface area contributed by atoms with Crippen molar-refractivity contribution >= 4 is 17.3 Å². The fraction of sp³-hybridized carbons (Fsp3) is 0.385. The number of nitrogens with zero attached hydrogens (tertiary/aromatic N) is 5. The van der Waals surface area contributed by atoms with E-state index >= 15 is 0 Å². The molecule has 33 heavy (non-hydrogen) atoms. The van der Waals surface area contributed by atoms with Crippen molar-refractivity contribution < 1.29 is 0 Å². The quantitative estimate of drug-likeness (QED) is 0.409. The van der Waals surface area contributed by atoms with Crippen molar-refractivity contribution in [3.8, 4) is 22.5 Å². The van der Waals surface area contributed by atoms with Crippen LogP contribution in [-0.4, -0.2) is 36.6 Å². The van der Waals surface area contributed by atoms with Crippen LogP contribution in [0.25, 0.3) is 28.0 Å². The number of hydrogen-bond acceptors (Lipinski definition) is 6. The lowest BCUT2D eigenvalue weighted by Gasteiger charge is -2.14. The molecule has 0 bridgehead atoms. The van der Waals surface area contributed by atoms with E-state index in [0.717, 1.165) is 33.8 Å². The van der Waals surface area contributed by atoms with E-state index in [9.17, 15) is 0 Å². The normalized spacial score (nSPS) is 17.1. The molecule has 0 saturated heterocycles. The van der Waals surface area contributed by atoms with Crippen LogP contribution >= 0.6 is 0 Å². The van der Waals surface area contributed by atoms with Crippen molar-refractivity contribution in [1.82, 2.24) is 24.6 Å². The Kier molecular flexibility index (Phi) is 5.38. The molecule has 0 aliphatic heterocycles. The van der Waals surface area contributed by atoms with Gasteiger partial charge in [-0.2, -0.15) is 5.10 Å². The van der Waals surface area contributed by atoms with Gasteiger partial charge in [-0.25, -0.2) is 14.5 Å². The van der Waals surface area contributed by atoms with Crippen molar-refractivity contribution in [2.24, 2.45) is 0 Å². The average Bonchev–Trinajstić information content (AvgIpc) is 3.61. The number of aromatic nitrogens is 5. The van der Waals surface area contributed by atoms with Crippen LogP contribution in [0, 0.1) is 0 Å². The Balaban J connectivity index is 1.47. The molecular weight excluding hydrogens is 410 g/mol. The molecule has 0 spiro atoms. The first-order valence-electron chi connectivity index (χ1n) is 12.1. The molecule has 0 aromatic carbocycles. The number of hydrogen-bond donors (Lipinski definition) is 2. The monoisotopic (exact) mass is 439 g/mol. The maximum Gasteiger partial charge on any atom is 0.223 e. The third kappa shape index (κ3) is 4.03. The molecule has 6 rings (SSSR count). The molecule has 4 aromatic rings. The van der Waals surface area contributed by atoms with Gasteiger partial charge in [0.15, 0.2) is 0 Å². The zero-order chi connectivity index (χ0) is 22.0. The summed E-state index contributed by atoms with van der Waals surface area (Å²) in [5, 5.41) is 12.3. The Morgan fingerprint density at radius 3 is 2.36 bits per heavy atom. The van der Waals surface area contributed by atoms with Gasteiger partial charge in [-0.1, -0.05) is 31.7 Å². The molecule has 7 nitrogen and oxygen atoms in total. The first-order valence-corrected chi connectivity index (χ1v) is 12.1. The van der Waals surface area contributed by atoms with Gasteiger partial charge in [0.1, 0.15) is 11.5 Å². The van der Waals surface area contributed by atoms with Crippen LogP contribution in [-0.2, 0) is 0 Å². The summed E-state index contributed by atoms with van der Waals surface area (Å²) >= 11 is 0. The minimum Gasteiger partial charge on any atom is -0.367 e. The fourth-order valence-corrected chi connectivity index (χ4v) is 5.24. The highest BCUT2D eigenvalue weighted by atomic mass is 15.3. The van der Waals surface area contributed by atoms with Crippen molar-refractivity contribution in [3.05, 3.63) is 55.0 Å². The summed E-state index contributed by atoms with van der Waals surface area (Å²) in [6.07, 6.45) is 15.4. The largest absolute Gasteiger partial charge is 0.367 e. The van der Waals surface area contributed by atoms with E-state index in [-0.39, 0.29) is 0 Å². The lowest BCUT2D eigenvalue weighted by atomic mass is 10.1. The van der Waals surface area contributed by atoms with Crippen LogP contribution in [0.4, 0.5) is 11.8 Å². The van der Waals surface area contributed by atoms with E-state index in [4.69, 9.17) is 10.1 Å². The van der Waals surface area contributed by atoms with Crippen molar-refractivity contribution in [1.29, 1.82) is 0 Å². The maximum absolute atomic E-state index is 5.07. The highest BCUT2D eigenvalue weighted by molar-refractivity contribution is 5.91. The minimum absolute atomic E-state index is 0.462. The Morgan fingerprint density at radius 1 is 0.818 bits per heavy atom. The lowest BCUT2D eigenvalue weighted by Crippen LogP contribution is -2.17. The number of anilines is 2. The standard InChI is InChI=1S/C26H29N7/c1-2-9-19(8-1)29-23-13-5-12-22-24(25(32-33(22)23)18-7-6-15-27-17-18)21-14-16-28-26(31-21)30-20-10-3-4-11-20/h5-7,12-17,19-20,29H,1-4,8-11H2,(H,28,30,31). The molecule has 4 heterocycles. The van der Waals surface area contributed by atoms with Crippen LogP contribution in [0.5, 0.6) is 0 Å². The van der Waals surface area contributed by atoms with Gasteiger partial charge in [0, 0.05) is 36.2 Å². The van der Waals surface area contributed by atoms with Crippen LogP contribution < -0.4 is 10.6 Å². The molecule has 168 valence electrons. The summed E-state index contributed by atoms with van der Waals surface area (Å²) in [5.74, 6) is 1.71. The zero-order valence-electron chi connectivity index (χ0n) is 18.7. The summed E-state index contributed by atoms with van der Waals surface area (Å²) in [5.41, 5.74) is 4.77. The molecule has 2 N–H and O–H groups in total. The van der Waals surface area contributed by atoms with Crippen molar-refractivity contribution in [2.45, 2.75) is 63.5 Å². The second kappa shape index (κ2) is 8.81. The van der Waals surface area contributed by atoms with Gasteiger partial charge in [-0.05, 0) is 56.0 Å². The van der Waals surface area contributed by atoms with Crippen LogP contribution in [0.1, 0.15) is 51.4 Å². The highest BCUT2D eigenvalue weighted by Crippen LogP contribution is 2.36. The zero-order valence-corrected chi connectivity index (χ0v) is 18.7. The van der Waals surface area contributed by atoms with Gasteiger partial charge >= 0.3 is 0 Å².